The predicted octanol–water partition coefficient (Wildman–Crippen LogP) is 1.12. The van der Waals surface area contributed by atoms with Crippen LogP contribution in [0.5, 0.6) is 0 Å². The second-order valence-electron chi connectivity index (χ2n) is 3.24. The lowest BCUT2D eigenvalue weighted by Crippen LogP contribution is -2.10. The van der Waals surface area contributed by atoms with Crippen LogP contribution in [0.15, 0.2) is 6.07 Å². The number of rotatable bonds is 5. The van der Waals surface area contributed by atoms with Crippen LogP contribution in [0.2, 0.25) is 0 Å². The maximum Gasteiger partial charge on any atom is 0.168 e. The average Bonchev–Trinajstić information content (AvgIpc) is 2.19. The Labute approximate surface area is 94.7 Å². The lowest BCUT2D eigenvalue weighted by molar-refractivity contribution is 0.579. The van der Waals surface area contributed by atoms with Crippen molar-refractivity contribution in [2.75, 3.05) is 29.6 Å². The Kier molecular flexibility index (Phi) is 4.60. The molecule has 1 heterocycles. The zero-order chi connectivity index (χ0) is 12.1. The van der Waals surface area contributed by atoms with Gasteiger partial charge in [0.15, 0.2) is 23.3 Å². The van der Waals surface area contributed by atoms with Gasteiger partial charge >= 0.3 is 0 Å². The van der Waals surface area contributed by atoms with E-state index in [-0.39, 0.29) is 11.6 Å². The lowest BCUT2D eigenvalue weighted by Gasteiger charge is -2.07. The van der Waals surface area contributed by atoms with E-state index in [1.807, 2.05) is 0 Å². The Bertz CT molecular complexity index is 401. The predicted molar refractivity (Wildman–Crippen MR) is 60.6 cm³/mol. The summed E-state index contributed by atoms with van der Waals surface area (Å²) in [6.07, 6.45) is 2.20. The van der Waals surface area contributed by atoms with Crippen molar-refractivity contribution in [2.45, 2.75) is 6.42 Å². The highest BCUT2D eigenvalue weighted by molar-refractivity contribution is 7.84. The van der Waals surface area contributed by atoms with Gasteiger partial charge in [-0.2, -0.15) is 0 Å². The van der Waals surface area contributed by atoms with Gasteiger partial charge in [-0.05, 0) is 6.42 Å². The van der Waals surface area contributed by atoms with Crippen LogP contribution in [-0.4, -0.2) is 27.7 Å². The molecular formula is C9H13F2N3OS. The molecule has 1 unspecified atom stereocenters. The molecule has 0 aliphatic heterocycles. The molecule has 1 aromatic heterocycles. The van der Waals surface area contributed by atoms with Gasteiger partial charge in [-0.3, -0.25) is 4.21 Å². The molecule has 1 aromatic rings. The standard InChI is InChI=1S/C9H13F2N3OS/c1-16(15)4-2-3-13-9-7(11)5-6(10)8(12)14-9/h5H,2-4H2,1H3,(H3,12,13,14). The highest BCUT2D eigenvalue weighted by Gasteiger charge is 2.08. The summed E-state index contributed by atoms with van der Waals surface area (Å²) >= 11 is 0. The van der Waals surface area contributed by atoms with E-state index in [0.717, 1.165) is 0 Å². The Hall–Kier alpha value is -1.24. The highest BCUT2D eigenvalue weighted by Crippen LogP contribution is 2.16. The fraction of sp³-hybridized carbons (Fsp3) is 0.444. The second kappa shape index (κ2) is 5.74. The third-order valence-corrected chi connectivity index (χ3v) is 2.72. The fourth-order valence-electron chi connectivity index (χ4n) is 1.09. The molecule has 0 radical (unpaired) electrons. The Balaban J connectivity index is 2.54. The quantitative estimate of drug-likeness (QED) is 0.767. The molecule has 0 bridgehead atoms. The van der Waals surface area contributed by atoms with Gasteiger partial charge in [-0.25, -0.2) is 13.8 Å². The number of halogens is 2. The van der Waals surface area contributed by atoms with Crippen LogP contribution in [0.3, 0.4) is 0 Å². The maximum atomic E-state index is 13.1. The first kappa shape index (κ1) is 12.8. The molecule has 3 N–H and O–H groups in total. The number of anilines is 2. The average molecular weight is 249 g/mol. The van der Waals surface area contributed by atoms with Gasteiger partial charge in [0.05, 0.1) is 0 Å². The molecule has 4 nitrogen and oxygen atoms in total. The van der Waals surface area contributed by atoms with Gasteiger partial charge in [0, 0.05) is 35.4 Å². The summed E-state index contributed by atoms with van der Waals surface area (Å²) in [5.41, 5.74) is 5.20. The number of hydrogen-bond donors (Lipinski definition) is 2. The van der Waals surface area contributed by atoms with Crippen LogP contribution in [0.1, 0.15) is 6.42 Å². The molecule has 7 heteroatoms. The van der Waals surface area contributed by atoms with Crippen LogP contribution in [0.4, 0.5) is 20.4 Å². The molecule has 1 atom stereocenters. The van der Waals surface area contributed by atoms with E-state index < -0.39 is 22.4 Å². The summed E-state index contributed by atoms with van der Waals surface area (Å²) in [6, 6.07) is 0.683. The zero-order valence-corrected chi connectivity index (χ0v) is 9.61. The normalized spacial score (nSPS) is 12.4. The summed E-state index contributed by atoms with van der Waals surface area (Å²) in [5, 5.41) is 2.67. The zero-order valence-electron chi connectivity index (χ0n) is 8.80. The third kappa shape index (κ3) is 3.73. The summed E-state index contributed by atoms with van der Waals surface area (Å²) in [6.45, 7) is 0.411. The molecule has 0 saturated carbocycles. The summed E-state index contributed by atoms with van der Waals surface area (Å²) in [4.78, 5) is 3.53. The van der Waals surface area contributed by atoms with Gasteiger partial charge in [0.25, 0.3) is 0 Å². The molecule has 0 amide bonds. The van der Waals surface area contributed by atoms with Gasteiger partial charge in [0.1, 0.15) is 0 Å². The van der Waals surface area contributed by atoms with Crippen LogP contribution in [0.25, 0.3) is 0 Å². The topological polar surface area (TPSA) is 68.0 Å². The molecular weight excluding hydrogens is 236 g/mol. The van der Waals surface area contributed by atoms with Crippen molar-refractivity contribution >= 4 is 22.4 Å². The summed E-state index contributed by atoms with van der Waals surface area (Å²) < 4.78 is 36.6. The third-order valence-electron chi connectivity index (χ3n) is 1.86. The second-order valence-corrected chi connectivity index (χ2v) is 4.80. The monoisotopic (exact) mass is 249 g/mol. The highest BCUT2D eigenvalue weighted by atomic mass is 32.2. The van der Waals surface area contributed by atoms with E-state index in [1.54, 1.807) is 6.26 Å². The van der Waals surface area contributed by atoms with Crippen LogP contribution in [0, 0.1) is 11.6 Å². The molecule has 1 rings (SSSR count). The Morgan fingerprint density at radius 1 is 1.50 bits per heavy atom. The van der Waals surface area contributed by atoms with Crippen molar-refractivity contribution in [2.24, 2.45) is 0 Å². The smallest absolute Gasteiger partial charge is 0.168 e. The molecule has 0 fully saturated rings. The van der Waals surface area contributed by atoms with Gasteiger partial charge in [-0.15, -0.1) is 0 Å². The van der Waals surface area contributed by atoms with E-state index in [0.29, 0.717) is 24.8 Å². The molecule has 0 aliphatic carbocycles. The first-order chi connectivity index (χ1) is 7.50. The summed E-state index contributed by atoms with van der Waals surface area (Å²) in [5.74, 6) is -1.57. The fourth-order valence-corrected chi connectivity index (χ4v) is 1.64. The maximum absolute atomic E-state index is 13.1. The van der Waals surface area contributed by atoms with Crippen molar-refractivity contribution in [3.63, 3.8) is 0 Å². The number of aromatic nitrogens is 1. The van der Waals surface area contributed by atoms with Crippen LogP contribution < -0.4 is 11.1 Å². The van der Waals surface area contributed by atoms with Crippen molar-refractivity contribution < 1.29 is 13.0 Å². The van der Waals surface area contributed by atoms with E-state index >= 15 is 0 Å². The number of pyridine rings is 1. The van der Waals surface area contributed by atoms with Gasteiger partial charge < -0.3 is 11.1 Å². The van der Waals surface area contributed by atoms with Crippen molar-refractivity contribution in [3.05, 3.63) is 17.7 Å². The van der Waals surface area contributed by atoms with E-state index in [2.05, 4.69) is 10.3 Å². The number of nitrogens with two attached hydrogens (primary N) is 1. The Morgan fingerprint density at radius 2 is 2.19 bits per heavy atom. The van der Waals surface area contributed by atoms with Crippen molar-refractivity contribution in [1.29, 1.82) is 0 Å². The number of nitrogen functional groups attached to an aromatic ring is 1. The molecule has 90 valence electrons. The minimum absolute atomic E-state index is 0.0826. The SMILES string of the molecule is CS(=O)CCCNc1nc(N)c(F)cc1F. The first-order valence-electron chi connectivity index (χ1n) is 4.66. The van der Waals surface area contributed by atoms with Crippen LogP contribution in [-0.2, 0) is 10.8 Å². The molecule has 0 aromatic carbocycles. The molecule has 0 saturated heterocycles. The van der Waals surface area contributed by atoms with E-state index in [1.165, 1.54) is 0 Å². The first-order valence-corrected chi connectivity index (χ1v) is 6.39. The largest absolute Gasteiger partial charge is 0.381 e. The lowest BCUT2D eigenvalue weighted by atomic mass is 10.4. The molecule has 16 heavy (non-hydrogen) atoms. The van der Waals surface area contributed by atoms with Gasteiger partial charge in [-0.1, -0.05) is 0 Å². The van der Waals surface area contributed by atoms with E-state index in [9.17, 15) is 13.0 Å². The minimum Gasteiger partial charge on any atom is -0.381 e. The van der Waals surface area contributed by atoms with E-state index in [4.69, 9.17) is 5.73 Å². The number of nitrogens with zero attached hydrogens (tertiary/aromatic N) is 1. The minimum atomic E-state index is -0.877. The van der Waals surface area contributed by atoms with Crippen molar-refractivity contribution in [3.8, 4) is 0 Å². The van der Waals surface area contributed by atoms with Crippen LogP contribution >= 0.6 is 0 Å². The Morgan fingerprint density at radius 3 is 2.81 bits per heavy atom. The van der Waals surface area contributed by atoms with Crippen molar-refractivity contribution in [1.82, 2.24) is 4.98 Å². The number of hydrogen-bond acceptors (Lipinski definition) is 4. The van der Waals surface area contributed by atoms with Gasteiger partial charge in [0.2, 0.25) is 0 Å². The molecule has 0 aliphatic rings. The summed E-state index contributed by atoms with van der Waals surface area (Å²) in [7, 11) is -0.876. The number of nitrogens with one attached hydrogen (secondary N) is 1. The molecule has 0 spiro atoms.